The average molecular weight is 242 g/mol. The molecular weight excluding hydrogens is 228 g/mol. The van der Waals surface area contributed by atoms with Crippen molar-refractivity contribution in [2.75, 3.05) is 11.4 Å². The SMILES string of the molecule is CC(=O)c1ccc2c(c1)C(C)(C)C(=O)N2CC#N. The van der Waals surface area contributed by atoms with E-state index < -0.39 is 5.41 Å². The molecule has 0 fully saturated rings. The van der Waals surface area contributed by atoms with Gasteiger partial charge in [-0.25, -0.2) is 0 Å². The number of nitriles is 1. The van der Waals surface area contributed by atoms with Gasteiger partial charge in [-0.05, 0) is 44.5 Å². The molecular formula is C14H14N2O2. The van der Waals surface area contributed by atoms with Crippen molar-refractivity contribution >= 4 is 17.4 Å². The Morgan fingerprint density at radius 3 is 2.67 bits per heavy atom. The van der Waals surface area contributed by atoms with Crippen molar-refractivity contribution in [1.29, 1.82) is 5.26 Å². The molecule has 2 rings (SSSR count). The molecule has 0 bridgehead atoms. The van der Waals surface area contributed by atoms with Gasteiger partial charge in [-0.2, -0.15) is 5.26 Å². The van der Waals surface area contributed by atoms with Crippen LogP contribution in [0, 0.1) is 11.3 Å². The third-order valence-corrected chi connectivity index (χ3v) is 3.38. The van der Waals surface area contributed by atoms with Crippen LogP contribution in [0.3, 0.4) is 0 Å². The molecule has 4 nitrogen and oxygen atoms in total. The summed E-state index contributed by atoms with van der Waals surface area (Å²) in [5.41, 5.74) is 1.46. The van der Waals surface area contributed by atoms with Crippen LogP contribution in [0.1, 0.15) is 36.7 Å². The zero-order chi connectivity index (χ0) is 13.5. The number of carbonyl (C=O) groups excluding carboxylic acids is 2. The van der Waals surface area contributed by atoms with E-state index in [4.69, 9.17) is 5.26 Å². The third kappa shape index (κ3) is 1.60. The lowest BCUT2D eigenvalue weighted by Gasteiger charge is -2.17. The maximum Gasteiger partial charge on any atom is 0.238 e. The van der Waals surface area contributed by atoms with Gasteiger partial charge in [0.1, 0.15) is 6.54 Å². The summed E-state index contributed by atoms with van der Waals surface area (Å²) in [5, 5.41) is 8.79. The summed E-state index contributed by atoms with van der Waals surface area (Å²) >= 11 is 0. The van der Waals surface area contributed by atoms with E-state index >= 15 is 0 Å². The number of benzene rings is 1. The summed E-state index contributed by atoms with van der Waals surface area (Å²) in [7, 11) is 0. The van der Waals surface area contributed by atoms with Gasteiger partial charge in [0.15, 0.2) is 5.78 Å². The van der Waals surface area contributed by atoms with Gasteiger partial charge in [0.2, 0.25) is 5.91 Å². The quantitative estimate of drug-likeness (QED) is 0.589. The molecule has 1 aliphatic heterocycles. The van der Waals surface area contributed by atoms with E-state index in [-0.39, 0.29) is 18.2 Å². The van der Waals surface area contributed by atoms with E-state index in [9.17, 15) is 9.59 Å². The van der Waals surface area contributed by atoms with Crippen LogP contribution in [-0.4, -0.2) is 18.2 Å². The van der Waals surface area contributed by atoms with Crippen LogP contribution in [-0.2, 0) is 10.2 Å². The number of ketones is 1. The predicted molar refractivity (Wildman–Crippen MR) is 67.4 cm³/mol. The topological polar surface area (TPSA) is 61.2 Å². The number of carbonyl (C=O) groups is 2. The smallest absolute Gasteiger partial charge is 0.238 e. The van der Waals surface area contributed by atoms with Gasteiger partial charge >= 0.3 is 0 Å². The van der Waals surface area contributed by atoms with Gasteiger partial charge in [-0.1, -0.05) is 0 Å². The summed E-state index contributed by atoms with van der Waals surface area (Å²) in [5.74, 6) is -0.125. The molecule has 92 valence electrons. The van der Waals surface area contributed by atoms with Gasteiger partial charge in [0.25, 0.3) is 0 Å². The number of fused-ring (bicyclic) bond motifs is 1. The van der Waals surface area contributed by atoms with E-state index in [1.165, 1.54) is 11.8 Å². The largest absolute Gasteiger partial charge is 0.298 e. The number of Topliss-reactive ketones (excluding diaryl/α,β-unsaturated/α-hetero) is 1. The minimum Gasteiger partial charge on any atom is -0.298 e. The van der Waals surface area contributed by atoms with Crippen LogP contribution in [0.5, 0.6) is 0 Å². The molecule has 0 unspecified atom stereocenters. The third-order valence-electron chi connectivity index (χ3n) is 3.38. The molecule has 1 aromatic rings. The summed E-state index contributed by atoms with van der Waals surface area (Å²) in [4.78, 5) is 25.1. The Labute approximate surface area is 106 Å². The van der Waals surface area contributed by atoms with E-state index in [1.807, 2.05) is 19.9 Å². The van der Waals surface area contributed by atoms with Gasteiger partial charge in [-0.15, -0.1) is 0 Å². The molecule has 18 heavy (non-hydrogen) atoms. The Balaban J connectivity index is 2.61. The molecule has 0 radical (unpaired) electrons. The highest BCUT2D eigenvalue weighted by Crippen LogP contribution is 2.41. The summed E-state index contributed by atoms with van der Waals surface area (Å²) in [6.07, 6.45) is 0. The molecule has 0 N–H and O–H groups in total. The molecule has 0 atom stereocenters. The Kier molecular flexibility index (Phi) is 2.70. The van der Waals surface area contributed by atoms with Crippen molar-refractivity contribution in [1.82, 2.24) is 0 Å². The fourth-order valence-corrected chi connectivity index (χ4v) is 2.28. The standard InChI is InChI=1S/C14H14N2O2/c1-9(17)10-4-5-12-11(8-10)14(2,3)13(18)16(12)7-6-15/h4-5,8H,7H2,1-3H3. The molecule has 4 heteroatoms. The second-order valence-corrected chi connectivity index (χ2v) is 4.96. The number of nitrogens with zero attached hydrogens (tertiary/aromatic N) is 2. The molecule has 0 saturated heterocycles. The normalized spacial score (nSPS) is 16.3. The van der Waals surface area contributed by atoms with Crippen LogP contribution in [0.4, 0.5) is 5.69 Å². The Morgan fingerprint density at radius 2 is 2.11 bits per heavy atom. The van der Waals surface area contributed by atoms with Crippen LogP contribution in [0.25, 0.3) is 0 Å². The summed E-state index contributed by atoms with van der Waals surface area (Å²) < 4.78 is 0. The summed E-state index contributed by atoms with van der Waals surface area (Å²) in [6.45, 7) is 5.16. The minimum absolute atomic E-state index is 0.0280. The number of hydrogen-bond donors (Lipinski definition) is 0. The summed E-state index contributed by atoms with van der Waals surface area (Å²) in [6, 6.07) is 7.19. The van der Waals surface area contributed by atoms with Crippen LogP contribution >= 0.6 is 0 Å². The first-order valence-corrected chi connectivity index (χ1v) is 5.74. The van der Waals surface area contributed by atoms with Crippen molar-refractivity contribution in [2.45, 2.75) is 26.2 Å². The van der Waals surface area contributed by atoms with Gasteiger partial charge in [-0.3, -0.25) is 14.5 Å². The zero-order valence-corrected chi connectivity index (χ0v) is 10.7. The zero-order valence-electron chi connectivity index (χ0n) is 10.7. The predicted octanol–water partition coefficient (Wildman–Crippen LogP) is 2.04. The minimum atomic E-state index is -0.683. The fourth-order valence-electron chi connectivity index (χ4n) is 2.28. The Morgan fingerprint density at radius 1 is 1.44 bits per heavy atom. The second kappa shape index (κ2) is 3.95. The lowest BCUT2D eigenvalue weighted by atomic mass is 9.85. The number of amides is 1. The lowest BCUT2D eigenvalue weighted by molar-refractivity contribution is -0.121. The van der Waals surface area contributed by atoms with Crippen molar-refractivity contribution in [3.05, 3.63) is 29.3 Å². The van der Waals surface area contributed by atoms with Crippen molar-refractivity contribution < 1.29 is 9.59 Å². The first-order chi connectivity index (χ1) is 8.39. The molecule has 0 aromatic heterocycles. The Bertz CT molecular complexity index is 582. The molecule has 1 aromatic carbocycles. The van der Waals surface area contributed by atoms with Crippen LogP contribution in [0.15, 0.2) is 18.2 Å². The van der Waals surface area contributed by atoms with Crippen molar-refractivity contribution in [3.63, 3.8) is 0 Å². The monoisotopic (exact) mass is 242 g/mol. The first-order valence-electron chi connectivity index (χ1n) is 5.74. The number of rotatable bonds is 2. The highest BCUT2D eigenvalue weighted by atomic mass is 16.2. The van der Waals surface area contributed by atoms with Crippen molar-refractivity contribution in [2.24, 2.45) is 0 Å². The van der Waals surface area contributed by atoms with Crippen molar-refractivity contribution in [3.8, 4) is 6.07 Å². The highest BCUT2D eigenvalue weighted by molar-refractivity contribution is 6.08. The van der Waals surface area contributed by atoms with Crippen LogP contribution < -0.4 is 4.90 Å². The van der Waals surface area contributed by atoms with E-state index in [2.05, 4.69) is 0 Å². The second-order valence-electron chi connectivity index (χ2n) is 4.96. The number of hydrogen-bond acceptors (Lipinski definition) is 3. The highest BCUT2D eigenvalue weighted by Gasteiger charge is 2.43. The molecule has 0 spiro atoms. The average Bonchev–Trinajstić information content (AvgIpc) is 2.51. The molecule has 1 aliphatic rings. The number of anilines is 1. The molecule has 1 heterocycles. The van der Waals surface area contributed by atoms with E-state index in [1.54, 1.807) is 18.2 Å². The van der Waals surface area contributed by atoms with E-state index in [0.29, 0.717) is 5.56 Å². The molecule has 1 amide bonds. The van der Waals surface area contributed by atoms with Gasteiger partial charge < -0.3 is 0 Å². The maximum absolute atomic E-state index is 12.2. The maximum atomic E-state index is 12.2. The van der Waals surface area contributed by atoms with Gasteiger partial charge in [0.05, 0.1) is 11.5 Å². The molecule has 0 saturated carbocycles. The van der Waals surface area contributed by atoms with E-state index in [0.717, 1.165) is 11.3 Å². The van der Waals surface area contributed by atoms with Crippen LogP contribution in [0.2, 0.25) is 0 Å². The molecule has 0 aliphatic carbocycles. The fraction of sp³-hybridized carbons (Fsp3) is 0.357. The Hall–Kier alpha value is -2.15. The first kappa shape index (κ1) is 12.3. The lowest BCUT2D eigenvalue weighted by Crippen LogP contribution is -2.36. The van der Waals surface area contributed by atoms with Gasteiger partial charge in [0, 0.05) is 11.3 Å².